The Bertz CT molecular complexity index is 1390. The molecule has 0 spiro atoms. The van der Waals surface area contributed by atoms with Gasteiger partial charge in [0.25, 0.3) is 5.56 Å². The average Bonchev–Trinajstić information content (AvgIpc) is 3.08. The number of fused-ring (bicyclic) bond motifs is 1. The van der Waals surface area contributed by atoms with Gasteiger partial charge in [-0.05, 0) is 40.5 Å². The topological polar surface area (TPSA) is 67.2 Å². The maximum absolute atomic E-state index is 13.9. The number of halogens is 3. The number of likely N-dealkylation sites (tertiary alicyclic amines) is 1. The SMILES string of the molecule is CC1(F)CN(C(=O)Cn2cnc3sc(C#CC4CNC4)c(-c4ccc(F)c(Br)c4)c3c2=O)C1. The minimum absolute atomic E-state index is 0.0132. The second kappa shape index (κ2) is 8.31. The summed E-state index contributed by atoms with van der Waals surface area (Å²) in [5.41, 5.74) is -0.565. The van der Waals surface area contributed by atoms with Gasteiger partial charge in [0, 0.05) is 24.6 Å². The second-order valence-electron chi connectivity index (χ2n) is 8.58. The molecule has 3 aromatic rings. The van der Waals surface area contributed by atoms with Gasteiger partial charge < -0.3 is 10.2 Å². The number of carbonyl (C=O) groups is 1. The molecule has 10 heteroatoms. The lowest BCUT2D eigenvalue weighted by molar-refractivity contribution is -0.144. The van der Waals surface area contributed by atoms with Crippen LogP contribution >= 0.6 is 27.3 Å². The van der Waals surface area contributed by atoms with Gasteiger partial charge in [-0.2, -0.15) is 0 Å². The van der Waals surface area contributed by atoms with E-state index in [9.17, 15) is 18.4 Å². The molecule has 2 aliphatic heterocycles. The van der Waals surface area contributed by atoms with Gasteiger partial charge in [0.05, 0.1) is 34.2 Å². The molecule has 2 fully saturated rings. The third-order valence-electron chi connectivity index (χ3n) is 5.76. The van der Waals surface area contributed by atoms with Gasteiger partial charge in [-0.3, -0.25) is 14.2 Å². The molecular weight excluding hydrogens is 514 g/mol. The summed E-state index contributed by atoms with van der Waals surface area (Å²) in [7, 11) is 0. The Labute approximate surface area is 200 Å². The third-order valence-corrected chi connectivity index (χ3v) is 7.38. The normalized spacial score (nSPS) is 17.3. The van der Waals surface area contributed by atoms with E-state index in [1.165, 1.54) is 40.1 Å². The number of carbonyl (C=O) groups excluding carboxylic acids is 1. The maximum atomic E-state index is 13.9. The molecule has 2 aromatic heterocycles. The molecule has 0 atom stereocenters. The molecule has 1 N–H and O–H groups in total. The van der Waals surface area contributed by atoms with Crippen LogP contribution in [0.15, 0.2) is 33.8 Å². The quantitative estimate of drug-likeness (QED) is 0.526. The van der Waals surface area contributed by atoms with Crippen molar-refractivity contribution < 1.29 is 13.6 Å². The number of nitrogens with zero attached hydrogens (tertiary/aromatic N) is 3. The fourth-order valence-electron chi connectivity index (χ4n) is 3.88. The minimum atomic E-state index is -1.39. The lowest BCUT2D eigenvalue weighted by Gasteiger charge is -2.42. The number of rotatable bonds is 3. The van der Waals surface area contributed by atoms with Crippen molar-refractivity contribution in [3.63, 3.8) is 0 Å². The van der Waals surface area contributed by atoms with Gasteiger partial charge in [0.1, 0.15) is 22.9 Å². The molecule has 1 aromatic carbocycles. The monoisotopic (exact) mass is 532 g/mol. The van der Waals surface area contributed by atoms with Crippen LogP contribution < -0.4 is 10.9 Å². The van der Waals surface area contributed by atoms with Crippen molar-refractivity contribution in [3.05, 3.63) is 50.0 Å². The molecule has 0 aliphatic carbocycles. The second-order valence-corrected chi connectivity index (χ2v) is 10.4. The molecule has 0 radical (unpaired) electrons. The summed E-state index contributed by atoms with van der Waals surface area (Å²) in [6.07, 6.45) is 1.34. The van der Waals surface area contributed by atoms with Crippen molar-refractivity contribution in [2.75, 3.05) is 26.2 Å². The average molecular weight is 533 g/mol. The Hall–Kier alpha value is -2.61. The highest BCUT2D eigenvalue weighted by molar-refractivity contribution is 9.10. The lowest BCUT2D eigenvalue weighted by Crippen LogP contribution is -2.60. The molecule has 2 saturated heterocycles. The summed E-state index contributed by atoms with van der Waals surface area (Å²) in [4.78, 5) is 32.9. The van der Waals surface area contributed by atoms with Crippen molar-refractivity contribution in [1.82, 2.24) is 19.8 Å². The van der Waals surface area contributed by atoms with Crippen molar-refractivity contribution in [1.29, 1.82) is 0 Å². The van der Waals surface area contributed by atoms with Crippen LogP contribution in [0.25, 0.3) is 21.3 Å². The van der Waals surface area contributed by atoms with E-state index in [1.807, 2.05) is 0 Å². The first-order valence-corrected chi connectivity index (χ1v) is 12.0. The molecule has 2 aliphatic rings. The molecule has 6 nitrogen and oxygen atoms in total. The summed E-state index contributed by atoms with van der Waals surface area (Å²) in [5.74, 6) is 5.88. The predicted molar refractivity (Wildman–Crippen MR) is 126 cm³/mol. The Balaban J connectivity index is 1.59. The number of nitrogens with one attached hydrogen (secondary N) is 1. The smallest absolute Gasteiger partial charge is 0.263 e. The number of amides is 1. The van der Waals surface area contributed by atoms with E-state index in [0.717, 1.165) is 13.1 Å². The number of hydrogen-bond donors (Lipinski definition) is 1. The molecule has 170 valence electrons. The van der Waals surface area contributed by atoms with Crippen LogP contribution in [0.1, 0.15) is 11.8 Å². The maximum Gasteiger partial charge on any atom is 0.263 e. The van der Waals surface area contributed by atoms with Gasteiger partial charge in [0.2, 0.25) is 5.91 Å². The van der Waals surface area contributed by atoms with Crippen LogP contribution in [0.5, 0.6) is 0 Å². The summed E-state index contributed by atoms with van der Waals surface area (Å²) in [6.45, 7) is 2.87. The predicted octanol–water partition coefficient (Wildman–Crippen LogP) is 3.17. The van der Waals surface area contributed by atoms with Gasteiger partial charge in [-0.25, -0.2) is 13.8 Å². The van der Waals surface area contributed by atoms with Crippen LogP contribution in [-0.4, -0.2) is 52.2 Å². The number of alkyl halides is 1. The van der Waals surface area contributed by atoms with Gasteiger partial charge in [-0.1, -0.05) is 17.9 Å². The number of hydrogen-bond acceptors (Lipinski definition) is 5. The first-order chi connectivity index (χ1) is 15.7. The molecule has 0 unspecified atom stereocenters. The van der Waals surface area contributed by atoms with E-state index >= 15 is 0 Å². The highest BCUT2D eigenvalue weighted by atomic mass is 79.9. The van der Waals surface area contributed by atoms with Crippen molar-refractivity contribution in [3.8, 4) is 23.0 Å². The molecule has 4 heterocycles. The first-order valence-electron chi connectivity index (χ1n) is 10.4. The summed E-state index contributed by atoms with van der Waals surface area (Å²) in [6, 6.07) is 4.53. The Morgan fingerprint density at radius 2 is 2.15 bits per heavy atom. The molecule has 0 saturated carbocycles. The van der Waals surface area contributed by atoms with E-state index < -0.39 is 11.5 Å². The number of benzene rings is 1. The van der Waals surface area contributed by atoms with Crippen LogP contribution in [-0.2, 0) is 11.3 Å². The van der Waals surface area contributed by atoms with Crippen molar-refractivity contribution in [2.24, 2.45) is 5.92 Å². The van der Waals surface area contributed by atoms with Crippen molar-refractivity contribution >= 4 is 43.4 Å². The van der Waals surface area contributed by atoms with E-state index in [0.29, 0.717) is 26.2 Å². The fraction of sp³-hybridized carbons (Fsp3) is 0.348. The summed E-state index contributed by atoms with van der Waals surface area (Å²) in [5, 5.41) is 3.51. The van der Waals surface area contributed by atoms with Gasteiger partial charge in [0.15, 0.2) is 0 Å². The summed E-state index contributed by atoms with van der Waals surface area (Å²) < 4.78 is 29.2. The highest BCUT2D eigenvalue weighted by Crippen LogP contribution is 2.37. The fourth-order valence-corrected chi connectivity index (χ4v) is 5.28. The van der Waals surface area contributed by atoms with E-state index in [-0.39, 0.29) is 41.5 Å². The van der Waals surface area contributed by atoms with E-state index in [2.05, 4.69) is 38.1 Å². The Kier molecular flexibility index (Phi) is 5.59. The molecule has 1 amide bonds. The van der Waals surface area contributed by atoms with Crippen molar-refractivity contribution in [2.45, 2.75) is 19.1 Å². The zero-order valence-corrected chi connectivity index (χ0v) is 20.0. The molecular formula is C23H19BrF2N4O2S. The van der Waals surface area contributed by atoms with Crippen LogP contribution in [0.4, 0.5) is 8.78 Å². The Morgan fingerprint density at radius 3 is 2.79 bits per heavy atom. The number of aromatic nitrogens is 2. The molecule has 33 heavy (non-hydrogen) atoms. The van der Waals surface area contributed by atoms with E-state index in [4.69, 9.17) is 0 Å². The van der Waals surface area contributed by atoms with E-state index in [1.54, 1.807) is 12.1 Å². The number of thiophene rings is 1. The standard InChI is InChI=1S/C23H19BrF2N4O2S/c1-23(26)10-30(11-23)18(31)9-29-12-28-21-20(22(29)32)19(14-3-4-16(25)15(24)6-14)17(33-21)5-2-13-7-27-8-13/h3-4,6,12-13,27H,7-11H2,1H3. The Morgan fingerprint density at radius 1 is 1.39 bits per heavy atom. The molecule has 5 rings (SSSR count). The minimum Gasteiger partial charge on any atom is -0.335 e. The van der Waals surface area contributed by atoms with Crippen LogP contribution in [0.3, 0.4) is 0 Å². The zero-order chi connectivity index (χ0) is 23.3. The lowest BCUT2D eigenvalue weighted by atomic mass is 9.99. The molecule has 0 bridgehead atoms. The van der Waals surface area contributed by atoms with Gasteiger partial charge in [-0.15, -0.1) is 11.3 Å². The highest BCUT2D eigenvalue weighted by Gasteiger charge is 2.41. The largest absolute Gasteiger partial charge is 0.335 e. The zero-order valence-electron chi connectivity index (χ0n) is 17.6. The van der Waals surface area contributed by atoms with Crippen LogP contribution in [0, 0.1) is 23.6 Å². The summed E-state index contributed by atoms with van der Waals surface area (Å²) >= 11 is 4.51. The third kappa shape index (κ3) is 4.21. The van der Waals surface area contributed by atoms with Crippen LogP contribution in [0.2, 0.25) is 0 Å². The first kappa shape index (κ1) is 22.2. The van der Waals surface area contributed by atoms with Gasteiger partial charge >= 0.3 is 0 Å².